The fraction of sp³-hybridized carbons (Fsp3) is 0.200. The van der Waals surface area contributed by atoms with Crippen LogP contribution in [0.1, 0.15) is 29.3 Å². The molecule has 104 valence electrons. The topological polar surface area (TPSA) is 68.0 Å². The van der Waals surface area contributed by atoms with Gasteiger partial charge in [-0.05, 0) is 40.0 Å². The van der Waals surface area contributed by atoms with Gasteiger partial charge in [0.05, 0.1) is 5.56 Å². The molecule has 0 aliphatic carbocycles. The summed E-state index contributed by atoms with van der Waals surface area (Å²) in [6.45, 7) is 2.11. The van der Waals surface area contributed by atoms with Crippen LogP contribution in [-0.4, -0.2) is 10.9 Å². The minimum absolute atomic E-state index is 0.221. The molecule has 1 amide bonds. The van der Waals surface area contributed by atoms with Crippen molar-refractivity contribution in [3.63, 3.8) is 0 Å². The van der Waals surface area contributed by atoms with Crippen LogP contribution in [0.3, 0.4) is 0 Å². The van der Waals surface area contributed by atoms with Gasteiger partial charge in [-0.3, -0.25) is 4.79 Å². The number of nitrogen functional groups attached to an aromatic ring is 1. The van der Waals surface area contributed by atoms with Gasteiger partial charge in [-0.25, -0.2) is 4.98 Å². The Morgan fingerprint density at radius 1 is 1.40 bits per heavy atom. The fourth-order valence-corrected chi connectivity index (χ4v) is 2.28. The van der Waals surface area contributed by atoms with Crippen molar-refractivity contribution in [3.8, 4) is 0 Å². The van der Waals surface area contributed by atoms with Crippen molar-refractivity contribution in [3.05, 3.63) is 52.1 Å². The van der Waals surface area contributed by atoms with E-state index in [-0.39, 0.29) is 11.7 Å². The van der Waals surface area contributed by atoms with Crippen LogP contribution in [-0.2, 0) is 6.42 Å². The number of nitrogens with zero attached hydrogens (tertiary/aromatic N) is 1. The third kappa shape index (κ3) is 3.36. The molecule has 2 aromatic rings. The Kier molecular flexibility index (Phi) is 4.74. The lowest BCUT2D eigenvalue weighted by Crippen LogP contribution is -2.16. The zero-order valence-corrected chi connectivity index (χ0v) is 12.8. The number of benzene rings is 1. The average Bonchev–Trinajstić information content (AvgIpc) is 2.44. The molecule has 1 heterocycles. The number of para-hydroxylation sites is 1. The number of aryl methyl sites for hydroxylation is 1. The second kappa shape index (κ2) is 6.52. The van der Waals surface area contributed by atoms with E-state index in [0.717, 1.165) is 28.6 Å². The maximum absolute atomic E-state index is 12.3. The number of hydrogen-bond donors (Lipinski definition) is 2. The predicted molar refractivity (Wildman–Crippen MR) is 84.7 cm³/mol. The summed E-state index contributed by atoms with van der Waals surface area (Å²) < 4.78 is 0.721. The van der Waals surface area contributed by atoms with Gasteiger partial charge in [0.1, 0.15) is 5.82 Å². The summed E-state index contributed by atoms with van der Waals surface area (Å²) in [6.07, 6.45) is 3.51. The molecule has 3 N–H and O–H groups in total. The smallest absolute Gasteiger partial charge is 0.259 e. The van der Waals surface area contributed by atoms with Gasteiger partial charge in [0.15, 0.2) is 0 Å². The number of carbonyl (C=O) groups excluding carboxylic acids is 1. The lowest BCUT2D eigenvalue weighted by molar-refractivity contribution is 0.102. The maximum Gasteiger partial charge on any atom is 0.259 e. The van der Waals surface area contributed by atoms with E-state index in [4.69, 9.17) is 5.73 Å². The molecule has 0 saturated carbocycles. The van der Waals surface area contributed by atoms with E-state index < -0.39 is 0 Å². The highest BCUT2D eigenvalue weighted by molar-refractivity contribution is 9.10. The predicted octanol–water partition coefficient (Wildman–Crippen LogP) is 3.63. The number of rotatable bonds is 4. The molecule has 0 unspecified atom stereocenters. The van der Waals surface area contributed by atoms with E-state index in [1.807, 2.05) is 24.3 Å². The summed E-state index contributed by atoms with van der Waals surface area (Å²) >= 11 is 3.29. The molecule has 0 bridgehead atoms. The molecule has 5 heteroatoms. The number of hydrogen-bond acceptors (Lipinski definition) is 3. The quantitative estimate of drug-likeness (QED) is 0.897. The minimum atomic E-state index is -0.250. The lowest BCUT2D eigenvalue weighted by Gasteiger charge is -2.11. The van der Waals surface area contributed by atoms with Crippen molar-refractivity contribution in [1.82, 2.24) is 4.98 Å². The Morgan fingerprint density at radius 2 is 2.15 bits per heavy atom. The van der Waals surface area contributed by atoms with Gasteiger partial charge in [-0.15, -0.1) is 0 Å². The molecule has 0 aliphatic heterocycles. The van der Waals surface area contributed by atoms with Crippen LogP contribution in [0.15, 0.2) is 41.0 Å². The number of halogens is 1. The molecule has 0 aliphatic rings. The van der Waals surface area contributed by atoms with Crippen molar-refractivity contribution in [2.24, 2.45) is 0 Å². The van der Waals surface area contributed by atoms with Crippen LogP contribution < -0.4 is 11.1 Å². The zero-order chi connectivity index (χ0) is 14.5. The summed E-state index contributed by atoms with van der Waals surface area (Å²) in [5.74, 6) is -0.0291. The van der Waals surface area contributed by atoms with Gasteiger partial charge in [0.25, 0.3) is 5.91 Å². The second-order valence-electron chi connectivity index (χ2n) is 4.45. The van der Waals surface area contributed by atoms with Gasteiger partial charge in [-0.2, -0.15) is 0 Å². The van der Waals surface area contributed by atoms with Crippen LogP contribution >= 0.6 is 15.9 Å². The first-order valence-corrected chi connectivity index (χ1v) is 7.21. The first-order chi connectivity index (χ1) is 9.61. The van der Waals surface area contributed by atoms with Crippen LogP contribution in [0.5, 0.6) is 0 Å². The van der Waals surface area contributed by atoms with Gasteiger partial charge < -0.3 is 11.1 Å². The molecule has 4 nitrogen and oxygen atoms in total. The molecule has 1 aromatic heterocycles. The third-order valence-corrected chi connectivity index (χ3v) is 3.35. The van der Waals surface area contributed by atoms with E-state index in [2.05, 4.69) is 33.2 Å². The first kappa shape index (κ1) is 14.5. The highest BCUT2D eigenvalue weighted by atomic mass is 79.9. The molecule has 1 aromatic carbocycles. The minimum Gasteiger partial charge on any atom is -0.383 e. The van der Waals surface area contributed by atoms with E-state index in [1.54, 1.807) is 12.3 Å². The zero-order valence-electron chi connectivity index (χ0n) is 11.2. The Balaban J connectivity index is 2.26. The van der Waals surface area contributed by atoms with Crippen molar-refractivity contribution in [2.75, 3.05) is 11.1 Å². The van der Waals surface area contributed by atoms with Crippen molar-refractivity contribution in [2.45, 2.75) is 19.8 Å². The second-order valence-corrected chi connectivity index (χ2v) is 5.36. The summed E-state index contributed by atoms with van der Waals surface area (Å²) in [4.78, 5) is 16.3. The molecule has 0 fully saturated rings. The molecule has 0 spiro atoms. The number of nitrogens with two attached hydrogens (primary N) is 1. The lowest BCUT2D eigenvalue weighted by atomic mass is 10.1. The normalized spacial score (nSPS) is 10.3. The van der Waals surface area contributed by atoms with E-state index in [9.17, 15) is 4.79 Å². The summed E-state index contributed by atoms with van der Waals surface area (Å²) in [6, 6.07) is 9.44. The fourth-order valence-electron chi connectivity index (χ4n) is 1.95. The molecule has 0 saturated heterocycles. The number of nitrogens with one attached hydrogen (secondary N) is 1. The molecular formula is C15H16BrN3O. The molecular weight excluding hydrogens is 318 g/mol. The van der Waals surface area contributed by atoms with Gasteiger partial charge in [0, 0.05) is 16.4 Å². The van der Waals surface area contributed by atoms with E-state index >= 15 is 0 Å². The Hall–Kier alpha value is -1.88. The SMILES string of the molecule is CCCc1ccccc1NC(=O)c1cc(Br)cnc1N. The molecule has 20 heavy (non-hydrogen) atoms. The van der Waals surface area contributed by atoms with Crippen LogP contribution in [0.2, 0.25) is 0 Å². The van der Waals surface area contributed by atoms with Crippen LogP contribution in [0.25, 0.3) is 0 Å². The largest absolute Gasteiger partial charge is 0.383 e. The van der Waals surface area contributed by atoms with Crippen LogP contribution in [0.4, 0.5) is 11.5 Å². The van der Waals surface area contributed by atoms with E-state index in [0.29, 0.717) is 5.56 Å². The monoisotopic (exact) mass is 333 g/mol. The summed E-state index contributed by atoms with van der Waals surface area (Å²) in [7, 11) is 0. The van der Waals surface area contributed by atoms with Crippen LogP contribution in [0, 0.1) is 0 Å². The Labute approximate surface area is 126 Å². The van der Waals surface area contributed by atoms with Crippen molar-refractivity contribution in [1.29, 1.82) is 0 Å². The number of pyridine rings is 1. The number of aromatic nitrogens is 1. The Bertz CT molecular complexity index is 628. The maximum atomic E-state index is 12.3. The van der Waals surface area contributed by atoms with Crippen molar-refractivity contribution >= 4 is 33.3 Å². The summed E-state index contributed by atoms with van der Waals surface area (Å²) in [5, 5.41) is 2.90. The number of anilines is 2. The average molecular weight is 334 g/mol. The molecule has 0 atom stereocenters. The van der Waals surface area contributed by atoms with Crippen molar-refractivity contribution < 1.29 is 4.79 Å². The highest BCUT2D eigenvalue weighted by Crippen LogP contribution is 2.20. The molecule has 2 rings (SSSR count). The number of amides is 1. The van der Waals surface area contributed by atoms with E-state index in [1.165, 1.54) is 0 Å². The first-order valence-electron chi connectivity index (χ1n) is 6.42. The van der Waals surface area contributed by atoms with Gasteiger partial charge >= 0.3 is 0 Å². The standard InChI is InChI=1S/C15H16BrN3O/c1-2-5-10-6-3-4-7-13(10)19-15(20)12-8-11(16)9-18-14(12)17/h3-4,6-9H,2,5H2,1H3,(H2,17,18)(H,19,20). The summed E-state index contributed by atoms with van der Waals surface area (Å²) in [5.41, 5.74) is 8.05. The highest BCUT2D eigenvalue weighted by Gasteiger charge is 2.13. The Morgan fingerprint density at radius 3 is 2.90 bits per heavy atom. The third-order valence-electron chi connectivity index (χ3n) is 2.91. The number of carbonyl (C=O) groups is 1. The van der Waals surface area contributed by atoms with Gasteiger partial charge in [-0.1, -0.05) is 31.5 Å². The molecule has 0 radical (unpaired) electrons. The van der Waals surface area contributed by atoms with Gasteiger partial charge in [0.2, 0.25) is 0 Å².